The van der Waals surface area contributed by atoms with Crippen molar-refractivity contribution in [3.05, 3.63) is 29.8 Å². The number of rotatable bonds is 4. The molecule has 1 aromatic rings. The van der Waals surface area contributed by atoms with Crippen LogP contribution in [0, 0.1) is 6.92 Å². The number of aryl methyl sites for hydroxylation is 1. The molecule has 0 spiro atoms. The SMILES string of the molecule is Cc1ccc(SCCC(=O)N2CCCC(C)(O)C2)cc1. The highest BCUT2D eigenvalue weighted by molar-refractivity contribution is 7.99. The number of hydrogen-bond acceptors (Lipinski definition) is 3. The Bertz CT molecular complexity index is 456. The molecule has 3 nitrogen and oxygen atoms in total. The van der Waals surface area contributed by atoms with Crippen LogP contribution in [0.15, 0.2) is 29.2 Å². The Hall–Kier alpha value is -1.00. The zero-order valence-corrected chi connectivity index (χ0v) is 13.1. The number of piperidine rings is 1. The Morgan fingerprint density at radius 2 is 2.10 bits per heavy atom. The van der Waals surface area contributed by atoms with Crippen LogP contribution in [0.5, 0.6) is 0 Å². The monoisotopic (exact) mass is 293 g/mol. The number of thioether (sulfide) groups is 1. The Kier molecular flexibility index (Phi) is 5.11. The first kappa shape index (κ1) is 15.4. The zero-order valence-electron chi connectivity index (χ0n) is 12.3. The topological polar surface area (TPSA) is 40.5 Å². The first-order valence-electron chi connectivity index (χ1n) is 7.16. The Morgan fingerprint density at radius 1 is 1.40 bits per heavy atom. The lowest BCUT2D eigenvalue weighted by Gasteiger charge is -2.36. The van der Waals surface area contributed by atoms with Crippen LogP contribution in [-0.4, -0.2) is 40.4 Å². The second kappa shape index (κ2) is 6.64. The third-order valence-electron chi connectivity index (χ3n) is 3.63. The maximum atomic E-state index is 12.1. The molecule has 1 atom stereocenters. The first-order valence-corrected chi connectivity index (χ1v) is 8.14. The maximum absolute atomic E-state index is 12.1. The van der Waals surface area contributed by atoms with Crippen molar-refractivity contribution in [2.24, 2.45) is 0 Å². The van der Waals surface area contributed by atoms with Crippen LogP contribution in [0.1, 0.15) is 31.7 Å². The molecule has 1 aliphatic rings. The van der Waals surface area contributed by atoms with Crippen LogP contribution in [0.3, 0.4) is 0 Å². The summed E-state index contributed by atoms with van der Waals surface area (Å²) in [5.41, 5.74) is 0.541. The fourth-order valence-electron chi connectivity index (χ4n) is 2.48. The molecular weight excluding hydrogens is 270 g/mol. The lowest BCUT2D eigenvalue weighted by Crippen LogP contribution is -2.48. The van der Waals surface area contributed by atoms with Crippen LogP contribution in [0.4, 0.5) is 0 Å². The summed E-state index contributed by atoms with van der Waals surface area (Å²) in [5, 5.41) is 10.0. The molecule has 2 rings (SSSR count). The van der Waals surface area contributed by atoms with Gasteiger partial charge in [-0.1, -0.05) is 17.7 Å². The van der Waals surface area contributed by atoms with Gasteiger partial charge in [-0.2, -0.15) is 0 Å². The second-order valence-corrected chi connectivity index (χ2v) is 7.00. The van der Waals surface area contributed by atoms with E-state index in [4.69, 9.17) is 0 Å². The van der Waals surface area contributed by atoms with E-state index in [-0.39, 0.29) is 5.91 Å². The summed E-state index contributed by atoms with van der Waals surface area (Å²) in [7, 11) is 0. The molecule has 1 fully saturated rings. The smallest absolute Gasteiger partial charge is 0.223 e. The predicted molar refractivity (Wildman–Crippen MR) is 83.0 cm³/mol. The fraction of sp³-hybridized carbons (Fsp3) is 0.562. The van der Waals surface area contributed by atoms with Crippen molar-refractivity contribution in [1.29, 1.82) is 0 Å². The number of carbonyl (C=O) groups excluding carboxylic acids is 1. The number of aliphatic hydroxyl groups is 1. The maximum Gasteiger partial charge on any atom is 0.223 e. The summed E-state index contributed by atoms with van der Waals surface area (Å²) in [6.07, 6.45) is 2.22. The lowest BCUT2D eigenvalue weighted by atomic mass is 9.95. The standard InChI is InChI=1S/C16H23NO2S/c1-13-4-6-14(7-5-13)20-11-8-15(18)17-10-3-9-16(2,19)12-17/h4-7,19H,3,8-12H2,1-2H3. The van der Waals surface area contributed by atoms with Crippen molar-refractivity contribution in [2.75, 3.05) is 18.8 Å². The van der Waals surface area contributed by atoms with E-state index in [2.05, 4.69) is 31.2 Å². The van der Waals surface area contributed by atoms with E-state index in [1.54, 1.807) is 16.7 Å². The predicted octanol–water partition coefficient (Wildman–Crippen LogP) is 2.85. The molecule has 20 heavy (non-hydrogen) atoms. The minimum Gasteiger partial charge on any atom is -0.388 e. The molecular formula is C16H23NO2S. The van der Waals surface area contributed by atoms with Crippen molar-refractivity contribution >= 4 is 17.7 Å². The highest BCUT2D eigenvalue weighted by atomic mass is 32.2. The fourth-order valence-corrected chi connectivity index (χ4v) is 3.32. The van der Waals surface area contributed by atoms with Gasteiger partial charge < -0.3 is 10.0 Å². The molecule has 1 N–H and O–H groups in total. The number of β-amino-alcohol motifs (C(OH)–C–C–N with tert-alkyl or cyclic N) is 1. The van der Waals surface area contributed by atoms with E-state index in [0.717, 1.165) is 25.1 Å². The number of benzene rings is 1. The summed E-state index contributed by atoms with van der Waals surface area (Å²) in [4.78, 5) is 15.1. The average Bonchev–Trinajstić information content (AvgIpc) is 2.40. The summed E-state index contributed by atoms with van der Waals surface area (Å²) >= 11 is 1.71. The van der Waals surface area contributed by atoms with Gasteiger partial charge in [0.1, 0.15) is 0 Å². The van der Waals surface area contributed by atoms with Gasteiger partial charge >= 0.3 is 0 Å². The van der Waals surface area contributed by atoms with Gasteiger partial charge in [-0.05, 0) is 38.8 Å². The molecule has 0 saturated carbocycles. The molecule has 1 unspecified atom stereocenters. The van der Waals surface area contributed by atoms with Crippen molar-refractivity contribution < 1.29 is 9.90 Å². The number of carbonyl (C=O) groups is 1. The van der Waals surface area contributed by atoms with Gasteiger partial charge in [0.15, 0.2) is 0 Å². The van der Waals surface area contributed by atoms with E-state index in [1.807, 2.05) is 6.92 Å². The van der Waals surface area contributed by atoms with Gasteiger partial charge in [0.05, 0.1) is 5.60 Å². The molecule has 1 aromatic carbocycles. The number of likely N-dealkylation sites (tertiary alicyclic amines) is 1. The zero-order chi connectivity index (χ0) is 14.6. The van der Waals surface area contributed by atoms with E-state index in [0.29, 0.717) is 13.0 Å². The molecule has 0 radical (unpaired) electrons. The molecule has 0 aromatic heterocycles. The van der Waals surface area contributed by atoms with Gasteiger partial charge in [-0.15, -0.1) is 11.8 Å². The van der Waals surface area contributed by atoms with E-state index in [9.17, 15) is 9.90 Å². The number of amides is 1. The van der Waals surface area contributed by atoms with Gasteiger partial charge in [0.2, 0.25) is 5.91 Å². The van der Waals surface area contributed by atoms with Crippen molar-refractivity contribution in [1.82, 2.24) is 4.90 Å². The highest BCUT2D eigenvalue weighted by Crippen LogP contribution is 2.23. The Morgan fingerprint density at radius 3 is 2.75 bits per heavy atom. The van der Waals surface area contributed by atoms with Crippen molar-refractivity contribution in [3.8, 4) is 0 Å². The first-order chi connectivity index (χ1) is 9.46. The molecule has 1 aliphatic heterocycles. The van der Waals surface area contributed by atoms with E-state index < -0.39 is 5.60 Å². The molecule has 0 bridgehead atoms. The number of hydrogen-bond donors (Lipinski definition) is 1. The van der Waals surface area contributed by atoms with Crippen LogP contribution >= 0.6 is 11.8 Å². The lowest BCUT2D eigenvalue weighted by molar-refractivity contribution is -0.137. The molecule has 110 valence electrons. The Labute approximate surface area is 125 Å². The average molecular weight is 293 g/mol. The summed E-state index contributed by atoms with van der Waals surface area (Å²) in [6, 6.07) is 8.37. The van der Waals surface area contributed by atoms with Gasteiger partial charge in [0.25, 0.3) is 0 Å². The van der Waals surface area contributed by atoms with Crippen LogP contribution in [0.2, 0.25) is 0 Å². The minimum atomic E-state index is -0.710. The molecule has 1 heterocycles. The Balaban J connectivity index is 1.76. The third-order valence-corrected chi connectivity index (χ3v) is 4.65. The van der Waals surface area contributed by atoms with Gasteiger partial charge in [-0.3, -0.25) is 4.79 Å². The molecule has 1 saturated heterocycles. The normalized spacial score (nSPS) is 22.9. The van der Waals surface area contributed by atoms with E-state index >= 15 is 0 Å². The largest absolute Gasteiger partial charge is 0.388 e. The minimum absolute atomic E-state index is 0.157. The summed E-state index contributed by atoms with van der Waals surface area (Å²) < 4.78 is 0. The van der Waals surface area contributed by atoms with Crippen molar-refractivity contribution in [2.45, 2.75) is 43.6 Å². The van der Waals surface area contributed by atoms with Gasteiger partial charge in [0, 0.05) is 30.2 Å². The summed E-state index contributed by atoms with van der Waals surface area (Å²) in [6.45, 7) is 5.14. The van der Waals surface area contributed by atoms with Crippen LogP contribution in [-0.2, 0) is 4.79 Å². The summed E-state index contributed by atoms with van der Waals surface area (Å²) in [5.74, 6) is 0.949. The van der Waals surface area contributed by atoms with Crippen LogP contribution in [0.25, 0.3) is 0 Å². The number of nitrogens with zero attached hydrogens (tertiary/aromatic N) is 1. The van der Waals surface area contributed by atoms with E-state index in [1.165, 1.54) is 10.5 Å². The van der Waals surface area contributed by atoms with Gasteiger partial charge in [-0.25, -0.2) is 0 Å². The highest BCUT2D eigenvalue weighted by Gasteiger charge is 2.30. The third kappa shape index (κ3) is 4.53. The molecule has 0 aliphatic carbocycles. The molecule has 4 heteroatoms. The molecule has 1 amide bonds. The quantitative estimate of drug-likeness (QED) is 0.868. The van der Waals surface area contributed by atoms with Crippen molar-refractivity contribution in [3.63, 3.8) is 0 Å². The van der Waals surface area contributed by atoms with Crippen LogP contribution < -0.4 is 0 Å². The second-order valence-electron chi connectivity index (χ2n) is 5.83.